The molecule has 1 aromatic heterocycles. The zero-order chi connectivity index (χ0) is 17.3. The number of hydrogen-bond donors (Lipinski definition) is 1. The Morgan fingerprint density at radius 1 is 0.792 bits per heavy atom. The molecular formula is C22H26N2. The topological polar surface area (TPSA) is 24.9 Å². The van der Waals surface area contributed by atoms with Crippen LogP contribution in [-0.2, 0) is 0 Å². The van der Waals surface area contributed by atoms with Crippen molar-refractivity contribution in [2.75, 3.05) is 5.32 Å². The lowest BCUT2D eigenvalue weighted by Gasteiger charge is -2.21. The van der Waals surface area contributed by atoms with Gasteiger partial charge < -0.3 is 5.32 Å². The van der Waals surface area contributed by atoms with Crippen molar-refractivity contribution < 1.29 is 0 Å². The van der Waals surface area contributed by atoms with Crippen LogP contribution in [0.2, 0.25) is 0 Å². The summed E-state index contributed by atoms with van der Waals surface area (Å²) in [7, 11) is 0. The average Bonchev–Trinajstić information content (AvgIpc) is 2.55. The highest BCUT2D eigenvalue weighted by Crippen LogP contribution is 2.36. The van der Waals surface area contributed by atoms with Gasteiger partial charge in [-0.2, -0.15) is 0 Å². The van der Waals surface area contributed by atoms with Gasteiger partial charge in [0.1, 0.15) is 0 Å². The van der Waals surface area contributed by atoms with E-state index in [1.54, 1.807) is 0 Å². The van der Waals surface area contributed by atoms with E-state index in [-0.39, 0.29) is 0 Å². The summed E-state index contributed by atoms with van der Waals surface area (Å²) < 4.78 is 0. The molecule has 0 aliphatic heterocycles. The Hall–Kier alpha value is -2.35. The van der Waals surface area contributed by atoms with E-state index in [0.29, 0.717) is 11.8 Å². The largest absolute Gasteiger partial charge is 0.353 e. The summed E-state index contributed by atoms with van der Waals surface area (Å²) in [6.07, 6.45) is 0. The van der Waals surface area contributed by atoms with Crippen LogP contribution in [0.4, 0.5) is 11.4 Å². The molecule has 3 rings (SSSR count). The van der Waals surface area contributed by atoms with Gasteiger partial charge >= 0.3 is 0 Å². The third-order valence-corrected chi connectivity index (χ3v) is 4.49. The van der Waals surface area contributed by atoms with Crippen LogP contribution in [0.3, 0.4) is 0 Å². The number of pyridine rings is 1. The Balaban J connectivity index is 2.17. The lowest BCUT2D eigenvalue weighted by atomic mass is 9.92. The fourth-order valence-corrected chi connectivity index (χ4v) is 3.18. The molecule has 2 heteroatoms. The molecule has 2 nitrogen and oxygen atoms in total. The van der Waals surface area contributed by atoms with Crippen LogP contribution in [0.5, 0.6) is 0 Å². The summed E-state index contributed by atoms with van der Waals surface area (Å²) in [4.78, 5) is 4.76. The van der Waals surface area contributed by atoms with E-state index >= 15 is 0 Å². The molecule has 1 N–H and O–H groups in total. The number of nitrogens with one attached hydrogen (secondary N) is 1. The van der Waals surface area contributed by atoms with E-state index in [0.717, 1.165) is 16.9 Å². The van der Waals surface area contributed by atoms with Crippen molar-refractivity contribution in [3.63, 3.8) is 0 Å². The number of fused-ring (bicyclic) bond motifs is 1. The number of para-hydroxylation sites is 2. The van der Waals surface area contributed by atoms with Crippen LogP contribution >= 0.6 is 0 Å². The van der Waals surface area contributed by atoms with Crippen LogP contribution in [0.15, 0.2) is 48.5 Å². The first-order valence-electron chi connectivity index (χ1n) is 8.73. The Bertz CT molecular complexity index is 837. The molecule has 0 bridgehead atoms. The summed E-state index contributed by atoms with van der Waals surface area (Å²) in [5.41, 5.74) is 7.09. The number of hydrogen-bond acceptors (Lipinski definition) is 2. The standard InChI is InChI=1S/C22H26N2/c1-14(2)18-9-7-10-19(15(3)4)22(18)24-20-11-6-8-17-13-12-16(5)23-21(17)20/h6-15,24H,1-5H3. The molecule has 0 unspecified atom stereocenters. The van der Waals surface area contributed by atoms with E-state index in [2.05, 4.69) is 81.5 Å². The van der Waals surface area contributed by atoms with Crippen LogP contribution in [0, 0.1) is 6.92 Å². The van der Waals surface area contributed by atoms with E-state index in [4.69, 9.17) is 4.98 Å². The van der Waals surface area contributed by atoms with Gasteiger partial charge in [-0.1, -0.05) is 64.1 Å². The van der Waals surface area contributed by atoms with Crippen molar-refractivity contribution in [2.24, 2.45) is 0 Å². The summed E-state index contributed by atoms with van der Waals surface area (Å²) in [5.74, 6) is 0.937. The second kappa shape index (κ2) is 6.64. The molecule has 0 atom stereocenters. The molecule has 0 saturated carbocycles. The van der Waals surface area contributed by atoms with Crippen LogP contribution in [-0.4, -0.2) is 4.98 Å². The minimum absolute atomic E-state index is 0.468. The minimum atomic E-state index is 0.468. The molecule has 0 aliphatic rings. The predicted molar refractivity (Wildman–Crippen MR) is 104 cm³/mol. The highest BCUT2D eigenvalue weighted by atomic mass is 14.9. The lowest BCUT2D eigenvalue weighted by molar-refractivity contribution is 0.838. The number of aromatic nitrogens is 1. The maximum atomic E-state index is 4.76. The number of rotatable bonds is 4. The number of anilines is 2. The van der Waals surface area contributed by atoms with E-state index in [1.165, 1.54) is 22.2 Å². The fourth-order valence-electron chi connectivity index (χ4n) is 3.18. The Kier molecular flexibility index (Phi) is 4.57. The predicted octanol–water partition coefficient (Wildman–Crippen LogP) is 6.53. The fraction of sp³-hybridized carbons (Fsp3) is 0.318. The maximum absolute atomic E-state index is 4.76. The van der Waals surface area contributed by atoms with Gasteiger partial charge in [-0.3, -0.25) is 4.98 Å². The van der Waals surface area contributed by atoms with Crippen molar-refractivity contribution in [3.8, 4) is 0 Å². The number of benzene rings is 2. The lowest BCUT2D eigenvalue weighted by Crippen LogP contribution is -2.04. The summed E-state index contributed by atoms with van der Waals surface area (Å²) >= 11 is 0. The maximum Gasteiger partial charge on any atom is 0.0939 e. The molecule has 1 heterocycles. The first kappa shape index (κ1) is 16.5. The molecule has 0 amide bonds. The molecule has 2 aromatic carbocycles. The van der Waals surface area contributed by atoms with E-state index in [1.807, 2.05) is 6.92 Å². The molecule has 0 radical (unpaired) electrons. The molecule has 3 aromatic rings. The zero-order valence-corrected chi connectivity index (χ0v) is 15.2. The van der Waals surface area contributed by atoms with Crippen molar-refractivity contribution in [1.82, 2.24) is 4.98 Å². The van der Waals surface area contributed by atoms with Crippen molar-refractivity contribution in [1.29, 1.82) is 0 Å². The van der Waals surface area contributed by atoms with Gasteiger partial charge in [-0.25, -0.2) is 0 Å². The first-order chi connectivity index (χ1) is 11.5. The van der Waals surface area contributed by atoms with Gasteiger partial charge in [0.15, 0.2) is 0 Å². The van der Waals surface area contributed by atoms with Gasteiger partial charge in [0.2, 0.25) is 0 Å². The highest BCUT2D eigenvalue weighted by Gasteiger charge is 2.15. The number of nitrogens with zero attached hydrogens (tertiary/aromatic N) is 1. The van der Waals surface area contributed by atoms with E-state index in [9.17, 15) is 0 Å². The SMILES string of the molecule is Cc1ccc2cccc(Nc3c(C(C)C)cccc3C(C)C)c2n1. The van der Waals surface area contributed by atoms with Gasteiger partial charge in [0, 0.05) is 16.8 Å². The molecule has 0 fully saturated rings. The van der Waals surface area contributed by atoms with Crippen molar-refractivity contribution in [3.05, 3.63) is 65.4 Å². The Morgan fingerprint density at radius 2 is 1.42 bits per heavy atom. The number of aryl methyl sites for hydroxylation is 1. The second-order valence-electron chi connectivity index (χ2n) is 7.08. The van der Waals surface area contributed by atoms with Gasteiger partial charge in [-0.05, 0) is 42.0 Å². The Labute approximate surface area is 144 Å². The van der Waals surface area contributed by atoms with Crippen LogP contribution in [0.1, 0.15) is 56.4 Å². The molecule has 124 valence electrons. The van der Waals surface area contributed by atoms with Crippen molar-refractivity contribution >= 4 is 22.3 Å². The minimum Gasteiger partial charge on any atom is -0.353 e. The monoisotopic (exact) mass is 318 g/mol. The van der Waals surface area contributed by atoms with Crippen molar-refractivity contribution in [2.45, 2.75) is 46.5 Å². The molecular weight excluding hydrogens is 292 g/mol. The third kappa shape index (κ3) is 3.14. The smallest absolute Gasteiger partial charge is 0.0939 e. The summed E-state index contributed by atoms with van der Waals surface area (Å²) in [6, 6.07) is 17.1. The zero-order valence-electron chi connectivity index (χ0n) is 15.2. The first-order valence-corrected chi connectivity index (χ1v) is 8.73. The van der Waals surface area contributed by atoms with Gasteiger partial charge in [0.05, 0.1) is 11.2 Å². The quantitative estimate of drug-likeness (QED) is 0.591. The molecule has 0 aliphatic carbocycles. The van der Waals surface area contributed by atoms with Gasteiger partial charge in [-0.15, -0.1) is 0 Å². The summed E-state index contributed by atoms with van der Waals surface area (Å²) in [5, 5.41) is 4.88. The molecule has 24 heavy (non-hydrogen) atoms. The van der Waals surface area contributed by atoms with Gasteiger partial charge in [0.25, 0.3) is 0 Å². The highest BCUT2D eigenvalue weighted by molar-refractivity contribution is 5.92. The molecule has 0 saturated heterocycles. The second-order valence-corrected chi connectivity index (χ2v) is 7.08. The summed E-state index contributed by atoms with van der Waals surface area (Å²) in [6.45, 7) is 11.0. The normalized spacial score (nSPS) is 11.5. The Morgan fingerprint density at radius 3 is 2.04 bits per heavy atom. The third-order valence-electron chi connectivity index (χ3n) is 4.49. The average molecular weight is 318 g/mol. The van der Waals surface area contributed by atoms with Crippen LogP contribution in [0.25, 0.3) is 10.9 Å². The van der Waals surface area contributed by atoms with Crippen LogP contribution < -0.4 is 5.32 Å². The molecule has 0 spiro atoms. The van der Waals surface area contributed by atoms with E-state index < -0.39 is 0 Å².